The van der Waals surface area contributed by atoms with Crippen molar-refractivity contribution < 1.29 is 22.8 Å². The van der Waals surface area contributed by atoms with E-state index in [1.54, 1.807) is 21.3 Å². The standard InChI is InChI=1S/C10H24O5Si/c1-5-6-9-16(12-3,13-4)15-10-14-8-7-11-2/h5-10H2,1-4H3. The Kier molecular flexibility index (Phi) is 10.2. The molecule has 0 rings (SSSR count). The minimum atomic E-state index is -2.49. The summed E-state index contributed by atoms with van der Waals surface area (Å²) < 4.78 is 26.5. The largest absolute Gasteiger partial charge is 0.502 e. The number of ether oxygens (including phenoxy) is 2. The van der Waals surface area contributed by atoms with Crippen molar-refractivity contribution in [1.82, 2.24) is 0 Å². The molecule has 6 heteroatoms. The lowest BCUT2D eigenvalue weighted by Gasteiger charge is -2.26. The highest BCUT2D eigenvalue weighted by Crippen LogP contribution is 2.17. The summed E-state index contributed by atoms with van der Waals surface area (Å²) in [6.45, 7) is 3.40. The molecule has 0 aliphatic rings. The minimum absolute atomic E-state index is 0.195. The first-order valence-electron chi connectivity index (χ1n) is 5.55. The van der Waals surface area contributed by atoms with Crippen LogP contribution < -0.4 is 0 Å². The average molecular weight is 252 g/mol. The van der Waals surface area contributed by atoms with Gasteiger partial charge in [-0.3, -0.25) is 0 Å². The zero-order chi connectivity index (χ0) is 12.3. The molecule has 0 atom stereocenters. The molecule has 0 unspecified atom stereocenters. The Morgan fingerprint density at radius 3 is 2.19 bits per heavy atom. The molecule has 5 nitrogen and oxygen atoms in total. The predicted molar refractivity (Wildman–Crippen MR) is 63.3 cm³/mol. The van der Waals surface area contributed by atoms with Crippen molar-refractivity contribution >= 4 is 8.80 Å². The first kappa shape index (κ1) is 16.0. The molecule has 0 N–H and O–H groups in total. The quantitative estimate of drug-likeness (QED) is 0.318. The molecule has 0 bridgehead atoms. The van der Waals surface area contributed by atoms with Crippen LogP contribution in [0.15, 0.2) is 0 Å². The molecule has 0 aromatic heterocycles. The SMILES string of the molecule is CCCC[Si](OC)(OC)OCOCCOC. The number of methoxy groups -OCH3 is 1. The van der Waals surface area contributed by atoms with Gasteiger partial charge in [0.05, 0.1) is 13.2 Å². The fraction of sp³-hybridized carbons (Fsp3) is 1.00. The summed E-state index contributed by atoms with van der Waals surface area (Å²) in [6.07, 6.45) is 2.13. The van der Waals surface area contributed by atoms with Gasteiger partial charge in [0.15, 0.2) is 0 Å². The third kappa shape index (κ3) is 6.57. The van der Waals surface area contributed by atoms with Gasteiger partial charge < -0.3 is 22.8 Å². The Morgan fingerprint density at radius 1 is 1.00 bits per heavy atom. The van der Waals surface area contributed by atoms with Crippen molar-refractivity contribution in [2.75, 3.05) is 41.3 Å². The van der Waals surface area contributed by atoms with E-state index in [9.17, 15) is 0 Å². The van der Waals surface area contributed by atoms with Crippen LogP contribution in [-0.2, 0) is 22.8 Å². The number of hydrogen-bond acceptors (Lipinski definition) is 5. The van der Waals surface area contributed by atoms with Crippen molar-refractivity contribution in [3.05, 3.63) is 0 Å². The number of hydrogen-bond donors (Lipinski definition) is 0. The van der Waals surface area contributed by atoms with Gasteiger partial charge in [-0.15, -0.1) is 0 Å². The third-order valence-corrected chi connectivity index (χ3v) is 5.02. The summed E-state index contributed by atoms with van der Waals surface area (Å²) in [5.41, 5.74) is 0. The Balaban J connectivity index is 3.82. The van der Waals surface area contributed by atoms with Crippen molar-refractivity contribution in [2.24, 2.45) is 0 Å². The van der Waals surface area contributed by atoms with E-state index in [1.807, 2.05) is 0 Å². The maximum Gasteiger partial charge on any atom is 0.502 e. The van der Waals surface area contributed by atoms with Crippen molar-refractivity contribution in [3.8, 4) is 0 Å². The third-order valence-electron chi connectivity index (χ3n) is 2.25. The maximum absolute atomic E-state index is 5.59. The first-order chi connectivity index (χ1) is 7.74. The molecular formula is C10H24O5Si. The van der Waals surface area contributed by atoms with Crippen LogP contribution in [0.2, 0.25) is 6.04 Å². The number of rotatable bonds is 11. The molecule has 0 saturated carbocycles. The van der Waals surface area contributed by atoms with E-state index < -0.39 is 8.80 Å². The van der Waals surface area contributed by atoms with E-state index in [0.717, 1.165) is 18.9 Å². The molecule has 0 fully saturated rings. The summed E-state index contributed by atoms with van der Waals surface area (Å²) >= 11 is 0. The fourth-order valence-corrected chi connectivity index (χ4v) is 3.21. The molecule has 0 aliphatic heterocycles. The Labute approximate surface area is 99.3 Å². The Morgan fingerprint density at radius 2 is 1.69 bits per heavy atom. The molecule has 98 valence electrons. The molecular weight excluding hydrogens is 228 g/mol. The van der Waals surface area contributed by atoms with Crippen LogP contribution in [0.4, 0.5) is 0 Å². The summed E-state index contributed by atoms with van der Waals surface area (Å²) in [7, 11) is 2.39. The van der Waals surface area contributed by atoms with Gasteiger partial charge in [0.1, 0.15) is 6.79 Å². The predicted octanol–water partition coefficient (Wildman–Crippen LogP) is 1.66. The molecule has 0 aromatic rings. The highest BCUT2D eigenvalue weighted by Gasteiger charge is 2.38. The van der Waals surface area contributed by atoms with Crippen molar-refractivity contribution in [1.29, 1.82) is 0 Å². The van der Waals surface area contributed by atoms with Crippen LogP contribution in [0.3, 0.4) is 0 Å². The monoisotopic (exact) mass is 252 g/mol. The average Bonchev–Trinajstić information content (AvgIpc) is 2.33. The second kappa shape index (κ2) is 10.2. The minimum Gasteiger partial charge on any atom is -0.382 e. The second-order valence-corrected chi connectivity index (χ2v) is 6.33. The molecule has 0 amide bonds. The molecule has 0 heterocycles. The van der Waals surface area contributed by atoms with Gasteiger partial charge in [0.2, 0.25) is 0 Å². The number of unbranched alkanes of at least 4 members (excludes halogenated alkanes) is 1. The van der Waals surface area contributed by atoms with Gasteiger partial charge in [-0.05, 0) is 6.42 Å². The normalized spacial score (nSPS) is 12.0. The molecule has 0 radical (unpaired) electrons. The maximum atomic E-state index is 5.59. The molecule has 0 aliphatic carbocycles. The van der Waals surface area contributed by atoms with E-state index in [0.29, 0.717) is 13.2 Å². The van der Waals surface area contributed by atoms with E-state index in [-0.39, 0.29) is 6.79 Å². The highest BCUT2D eigenvalue weighted by molar-refractivity contribution is 6.60. The Bertz CT molecular complexity index is 152. The molecule has 0 spiro atoms. The van der Waals surface area contributed by atoms with Crippen LogP contribution in [0.1, 0.15) is 19.8 Å². The zero-order valence-electron chi connectivity index (χ0n) is 10.8. The Hall–Kier alpha value is 0.0169. The van der Waals surface area contributed by atoms with E-state index >= 15 is 0 Å². The summed E-state index contributed by atoms with van der Waals surface area (Å²) in [4.78, 5) is 0. The van der Waals surface area contributed by atoms with Gasteiger partial charge >= 0.3 is 8.80 Å². The van der Waals surface area contributed by atoms with E-state index in [4.69, 9.17) is 22.8 Å². The van der Waals surface area contributed by atoms with Gasteiger partial charge in [-0.25, -0.2) is 0 Å². The highest BCUT2D eigenvalue weighted by atomic mass is 28.4. The van der Waals surface area contributed by atoms with Gasteiger partial charge in [-0.2, -0.15) is 0 Å². The fourth-order valence-electron chi connectivity index (χ4n) is 1.20. The molecule has 16 heavy (non-hydrogen) atoms. The summed E-state index contributed by atoms with van der Waals surface area (Å²) in [5.74, 6) is 0. The second-order valence-electron chi connectivity index (χ2n) is 3.36. The van der Waals surface area contributed by atoms with Crippen LogP contribution >= 0.6 is 0 Å². The van der Waals surface area contributed by atoms with Crippen LogP contribution in [0.25, 0.3) is 0 Å². The van der Waals surface area contributed by atoms with E-state index in [2.05, 4.69) is 6.92 Å². The van der Waals surface area contributed by atoms with Crippen LogP contribution in [0.5, 0.6) is 0 Å². The lowest BCUT2D eigenvalue weighted by Crippen LogP contribution is -2.44. The van der Waals surface area contributed by atoms with Crippen molar-refractivity contribution in [3.63, 3.8) is 0 Å². The lowest BCUT2D eigenvalue weighted by atomic mass is 10.4. The summed E-state index contributed by atoms with van der Waals surface area (Å²) in [6, 6.07) is 0.824. The van der Waals surface area contributed by atoms with Crippen LogP contribution in [0, 0.1) is 0 Å². The lowest BCUT2D eigenvalue weighted by molar-refractivity contribution is -0.0461. The first-order valence-corrected chi connectivity index (χ1v) is 7.48. The molecule has 0 saturated heterocycles. The summed E-state index contributed by atoms with van der Waals surface area (Å²) in [5, 5.41) is 0. The topological polar surface area (TPSA) is 46.2 Å². The van der Waals surface area contributed by atoms with Gasteiger partial charge in [-0.1, -0.05) is 13.3 Å². The van der Waals surface area contributed by atoms with Gasteiger partial charge in [0.25, 0.3) is 0 Å². The zero-order valence-corrected chi connectivity index (χ0v) is 11.8. The molecule has 0 aromatic carbocycles. The van der Waals surface area contributed by atoms with Gasteiger partial charge in [0, 0.05) is 27.4 Å². The van der Waals surface area contributed by atoms with Crippen LogP contribution in [-0.4, -0.2) is 50.1 Å². The van der Waals surface area contributed by atoms with E-state index in [1.165, 1.54) is 0 Å². The smallest absolute Gasteiger partial charge is 0.382 e. The van der Waals surface area contributed by atoms with Crippen molar-refractivity contribution in [2.45, 2.75) is 25.8 Å².